The van der Waals surface area contributed by atoms with Gasteiger partial charge in [0.05, 0.1) is 13.2 Å². The molecular formula is C14H16O4. The molecule has 4 nitrogen and oxygen atoms in total. The van der Waals surface area contributed by atoms with E-state index in [4.69, 9.17) is 14.2 Å². The molecule has 0 atom stereocenters. The second kappa shape index (κ2) is 3.99. The van der Waals surface area contributed by atoms with Gasteiger partial charge in [-0.25, -0.2) is 0 Å². The van der Waals surface area contributed by atoms with Crippen molar-refractivity contribution >= 4 is 5.78 Å². The van der Waals surface area contributed by atoms with Gasteiger partial charge in [0.2, 0.25) is 0 Å². The summed E-state index contributed by atoms with van der Waals surface area (Å²) in [5.41, 5.74) is 1.57. The lowest BCUT2D eigenvalue weighted by atomic mass is 9.73. The zero-order valence-corrected chi connectivity index (χ0v) is 10.6. The van der Waals surface area contributed by atoms with Crippen molar-refractivity contribution in [3.63, 3.8) is 0 Å². The molecule has 18 heavy (non-hydrogen) atoms. The number of Topliss-reactive ketones (excluding diaryl/α,β-unsaturated/α-hetero) is 1. The lowest BCUT2D eigenvalue weighted by Gasteiger charge is -2.41. The first-order valence-electron chi connectivity index (χ1n) is 6.13. The minimum absolute atomic E-state index is 0.147. The molecule has 0 N–H and O–H groups in total. The molecule has 1 saturated heterocycles. The third kappa shape index (κ3) is 1.52. The van der Waals surface area contributed by atoms with Crippen LogP contribution in [0.2, 0.25) is 0 Å². The van der Waals surface area contributed by atoms with E-state index >= 15 is 0 Å². The molecule has 0 radical (unpaired) electrons. The van der Waals surface area contributed by atoms with Gasteiger partial charge in [-0.1, -0.05) is 0 Å². The molecule has 2 aliphatic heterocycles. The molecule has 0 aliphatic carbocycles. The topological polar surface area (TPSA) is 44.8 Å². The number of aryl methyl sites for hydroxylation is 1. The highest BCUT2D eigenvalue weighted by molar-refractivity contribution is 5.90. The molecule has 0 aromatic heterocycles. The highest BCUT2D eigenvalue weighted by atomic mass is 16.6. The average Bonchev–Trinajstić information content (AvgIpc) is 2.27. The summed E-state index contributed by atoms with van der Waals surface area (Å²) in [5, 5.41) is 0. The average molecular weight is 248 g/mol. The van der Waals surface area contributed by atoms with Crippen molar-refractivity contribution in [1.29, 1.82) is 0 Å². The fourth-order valence-corrected chi connectivity index (χ4v) is 2.56. The van der Waals surface area contributed by atoms with E-state index in [1.54, 1.807) is 6.92 Å². The van der Waals surface area contributed by atoms with Crippen LogP contribution in [0.15, 0.2) is 12.1 Å². The standard InChI is InChI=1S/C14H16O4/c1-9-5-12-13(18-4-3-17-12)6-11(9)14(10(2)15)7-16-8-14/h5-6H,3-4,7-8H2,1-2H3. The van der Waals surface area contributed by atoms with Crippen LogP contribution >= 0.6 is 0 Å². The van der Waals surface area contributed by atoms with Crippen molar-refractivity contribution in [3.8, 4) is 11.5 Å². The van der Waals surface area contributed by atoms with Crippen LogP contribution in [0, 0.1) is 6.92 Å². The zero-order chi connectivity index (χ0) is 12.8. The Kier molecular flexibility index (Phi) is 2.55. The number of carbonyl (C=O) groups is 1. The van der Waals surface area contributed by atoms with Gasteiger partial charge in [-0.05, 0) is 37.1 Å². The first-order valence-corrected chi connectivity index (χ1v) is 6.13. The molecule has 0 amide bonds. The van der Waals surface area contributed by atoms with E-state index < -0.39 is 5.41 Å². The molecule has 1 aromatic carbocycles. The fraction of sp³-hybridized carbons (Fsp3) is 0.500. The van der Waals surface area contributed by atoms with Crippen LogP contribution in [0.4, 0.5) is 0 Å². The minimum atomic E-state index is -0.486. The van der Waals surface area contributed by atoms with Crippen molar-refractivity contribution in [2.75, 3.05) is 26.4 Å². The summed E-state index contributed by atoms with van der Waals surface area (Å²) in [6.45, 7) is 5.67. The van der Waals surface area contributed by atoms with Crippen LogP contribution in [0.25, 0.3) is 0 Å². The molecule has 1 aromatic rings. The maximum atomic E-state index is 11.9. The maximum Gasteiger partial charge on any atom is 0.161 e. The Labute approximate surface area is 106 Å². The third-order valence-electron chi connectivity index (χ3n) is 3.78. The SMILES string of the molecule is CC(=O)C1(c2cc3c(cc2C)OCCO3)COC1. The summed E-state index contributed by atoms with van der Waals surface area (Å²) in [6, 6.07) is 3.89. The highest BCUT2D eigenvalue weighted by Crippen LogP contribution is 2.41. The van der Waals surface area contributed by atoms with E-state index in [2.05, 4.69) is 0 Å². The molecular weight excluding hydrogens is 232 g/mol. The molecule has 3 rings (SSSR count). The molecule has 2 aliphatic rings. The van der Waals surface area contributed by atoms with Crippen molar-refractivity contribution < 1.29 is 19.0 Å². The van der Waals surface area contributed by atoms with Gasteiger partial charge in [-0.15, -0.1) is 0 Å². The number of hydrogen-bond donors (Lipinski definition) is 0. The predicted octanol–water partition coefficient (Wildman–Crippen LogP) is 1.62. The minimum Gasteiger partial charge on any atom is -0.486 e. The Hall–Kier alpha value is -1.55. The molecule has 0 unspecified atom stereocenters. The van der Waals surface area contributed by atoms with E-state index in [1.807, 2.05) is 19.1 Å². The Morgan fingerprint density at radius 2 is 1.78 bits per heavy atom. The second-order valence-electron chi connectivity index (χ2n) is 4.94. The van der Waals surface area contributed by atoms with Gasteiger partial charge >= 0.3 is 0 Å². The Morgan fingerprint density at radius 3 is 2.28 bits per heavy atom. The molecule has 0 saturated carbocycles. The van der Waals surface area contributed by atoms with Gasteiger partial charge in [-0.3, -0.25) is 4.79 Å². The Balaban J connectivity index is 2.09. The number of rotatable bonds is 2. The van der Waals surface area contributed by atoms with Crippen molar-refractivity contribution in [2.24, 2.45) is 0 Å². The summed E-state index contributed by atoms with van der Waals surface area (Å²) in [4.78, 5) is 11.9. The van der Waals surface area contributed by atoms with E-state index in [1.165, 1.54) is 0 Å². The van der Waals surface area contributed by atoms with Gasteiger partial charge in [0.1, 0.15) is 24.4 Å². The van der Waals surface area contributed by atoms with Crippen molar-refractivity contribution in [1.82, 2.24) is 0 Å². The van der Waals surface area contributed by atoms with Gasteiger partial charge in [0.25, 0.3) is 0 Å². The smallest absolute Gasteiger partial charge is 0.161 e. The lowest BCUT2D eigenvalue weighted by molar-refractivity contribution is -0.140. The number of fused-ring (bicyclic) bond motifs is 1. The molecule has 0 spiro atoms. The number of hydrogen-bond acceptors (Lipinski definition) is 4. The zero-order valence-electron chi connectivity index (χ0n) is 10.6. The van der Waals surface area contributed by atoms with E-state index in [0.29, 0.717) is 26.4 Å². The molecule has 0 bridgehead atoms. The monoisotopic (exact) mass is 248 g/mol. The van der Waals surface area contributed by atoms with Gasteiger partial charge < -0.3 is 14.2 Å². The van der Waals surface area contributed by atoms with Gasteiger partial charge in [-0.2, -0.15) is 0 Å². The number of carbonyl (C=O) groups excluding carboxylic acids is 1. The second-order valence-corrected chi connectivity index (χ2v) is 4.94. The maximum absolute atomic E-state index is 11.9. The van der Waals surface area contributed by atoms with Crippen LogP contribution < -0.4 is 9.47 Å². The highest BCUT2D eigenvalue weighted by Gasteiger charge is 2.46. The number of ether oxygens (including phenoxy) is 3. The van der Waals surface area contributed by atoms with Gasteiger partial charge in [0, 0.05) is 0 Å². The first-order chi connectivity index (χ1) is 8.63. The summed E-state index contributed by atoms with van der Waals surface area (Å²) in [6.07, 6.45) is 0. The van der Waals surface area contributed by atoms with E-state index in [0.717, 1.165) is 22.6 Å². The summed E-state index contributed by atoms with van der Waals surface area (Å²) < 4.78 is 16.4. The Bertz CT molecular complexity index is 503. The van der Waals surface area contributed by atoms with E-state index in [9.17, 15) is 4.79 Å². The third-order valence-corrected chi connectivity index (χ3v) is 3.78. The summed E-state index contributed by atoms with van der Waals surface area (Å²) >= 11 is 0. The first kappa shape index (κ1) is 11.5. The summed E-state index contributed by atoms with van der Waals surface area (Å²) in [5.74, 6) is 1.64. The van der Waals surface area contributed by atoms with Crippen molar-refractivity contribution in [3.05, 3.63) is 23.3 Å². The number of ketones is 1. The van der Waals surface area contributed by atoms with Crippen LogP contribution in [-0.4, -0.2) is 32.2 Å². The molecule has 4 heteroatoms. The normalized spacial score (nSPS) is 20.1. The number of benzene rings is 1. The van der Waals surface area contributed by atoms with Gasteiger partial charge in [0.15, 0.2) is 11.5 Å². The fourth-order valence-electron chi connectivity index (χ4n) is 2.56. The van der Waals surface area contributed by atoms with Crippen LogP contribution in [0.1, 0.15) is 18.1 Å². The predicted molar refractivity (Wildman–Crippen MR) is 65.3 cm³/mol. The van der Waals surface area contributed by atoms with Crippen molar-refractivity contribution in [2.45, 2.75) is 19.3 Å². The molecule has 96 valence electrons. The van der Waals surface area contributed by atoms with Crippen LogP contribution in [0.5, 0.6) is 11.5 Å². The quantitative estimate of drug-likeness (QED) is 0.798. The Morgan fingerprint density at radius 1 is 1.17 bits per heavy atom. The lowest BCUT2D eigenvalue weighted by Crippen LogP contribution is -2.52. The van der Waals surface area contributed by atoms with Crippen LogP contribution in [0.3, 0.4) is 0 Å². The van der Waals surface area contributed by atoms with E-state index in [-0.39, 0.29) is 5.78 Å². The molecule has 2 heterocycles. The van der Waals surface area contributed by atoms with Crippen LogP contribution in [-0.2, 0) is 14.9 Å². The molecule has 1 fully saturated rings. The largest absolute Gasteiger partial charge is 0.486 e. The summed E-state index contributed by atoms with van der Waals surface area (Å²) in [7, 11) is 0.